The van der Waals surface area contributed by atoms with Crippen LogP contribution in [0.25, 0.3) is 0 Å². The maximum absolute atomic E-state index is 11.6. The molecule has 0 fully saturated rings. The van der Waals surface area contributed by atoms with Gasteiger partial charge in [-0.3, -0.25) is 0 Å². The van der Waals surface area contributed by atoms with Crippen molar-refractivity contribution >= 4 is 11.9 Å². The molecule has 2 N–H and O–H groups in total. The van der Waals surface area contributed by atoms with Gasteiger partial charge in [-0.1, -0.05) is 27.0 Å². The molecule has 0 rings (SSSR count). The van der Waals surface area contributed by atoms with Crippen LogP contribution in [-0.2, 0) is 19.1 Å². The van der Waals surface area contributed by atoms with Crippen LogP contribution in [0.4, 0.5) is 0 Å². The summed E-state index contributed by atoms with van der Waals surface area (Å²) in [6, 6.07) is 0. The lowest BCUT2D eigenvalue weighted by atomic mass is 9.95. The van der Waals surface area contributed by atoms with Gasteiger partial charge in [0.25, 0.3) is 0 Å². The first-order valence-corrected chi connectivity index (χ1v) is 6.64. The topological polar surface area (TPSA) is 93.1 Å². The highest BCUT2D eigenvalue weighted by Gasteiger charge is 2.43. The van der Waals surface area contributed by atoms with Crippen LogP contribution in [0.5, 0.6) is 0 Å². The van der Waals surface area contributed by atoms with Crippen LogP contribution in [-0.4, -0.2) is 34.7 Å². The van der Waals surface area contributed by atoms with Gasteiger partial charge in [-0.25, -0.2) is 9.59 Å². The average Bonchev–Trinajstić information content (AvgIpc) is 2.37. The van der Waals surface area contributed by atoms with Crippen LogP contribution in [0.2, 0.25) is 0 Å². The summed E-state index contributed by atoms with van der Waals surface area (Å²) in [6.45, 7) is 12.8. The molecule has 0 spiro atoms. The molecule has 0 radical (unpaired) electrons. The highest BCUT2D eigenvalue weighted by atomic mass is 16.8. The van der Waals surface area contributed by atoms with Gasteiger partial charge in [0.1, 0.15) is 0 Å². The van der Waals surface area contributed by atoms with Gasteiger partial charge in [-0.05, 0) is 26.2 Å². The third-order valence-electron chi connectivity index (χ3n) is 2.87. The summed E-state index contributed by atoms with van der Waals surface area (Å²) in [5, 5.41) is 19.5. The van der Waals surface area contributed by atoms with Crippen molar-refractivity contribution in [3.05, 3.63) is 24.3 Å². The molecule has 21 heavy (non-hydrogen) atoms. The van der Waals surface area contributed by atoms with Crippen molar-refractivity contribution in [2.45, 2.75) is 40.1 Å². The van der Waals surface area contributed by atoms with Gasteiger partial charge in [0, 0.05) is 17.8 Å². The third-order valence-corrected chi connectivity index (χ3v) is 2.87. The minimum absolute atomic E-state index is 0.0576. The summed E-state index contributed by atoms with van der Waals surface area (Å²) in [6.07, 6.45) is 0.278. The number of aliphatic hydroxyl groups excluding tert-OH is 1. The zero-order chi connectivity index (χ0) is 16.8. The molecule has 120 valence electrons. The maximum Gasteiger partial charge on any atom is 0.376 e. The second-order valence-corrected chi connectivity index (χ2v) is 5.39. The number of carbonyl (C=O) groups is 2. The van der Waals surface area contributed by atoms with Crippen molar-refractivity contribution in [1.82, 2.24) is 0 Å². The fourth-order valence-corrected chi connectivity index (χ4v) is 1.49. The smallest absolute Gasteiger partial charge is 0.376 e. The van der Waals surface area contributed by atoms with E-state index >= 15 is 0 Å². The normalized spacial score (nSPS) is 14.0. The summed E-state index contributed by atoms with van der Waals surface area (Å²) < 4.78 is 9.76. The lowest BCUT2D eigenvalue weighted by Crippen LogP contribution is -2.46. The van der Waals surface area contributed by atoms with Crippen molar-refractivity contribution in [2.75, 3.05) is 6.61 Å². The van der Waals surface area contributed by atoms with Crippen LogP contribution < -0.4 is 0 Å². The Labute approximate surface area is 125 Å². The van der Waals surface area contributed by atoms with Crippen LogP contribution in [0.1, 0.15) is 34.1 Å². The van der Waals surface area contributed by atoms with Gasteiger partial charge in [-0.15, -0.1) is 0 Å². The minimum atomic E-state index is -2.44. The number of aliphatic hydroxyl groups is 2. The molecule has 0 aromatic heterocycles. The molecule has 0 amide bonds. The fraction of sp³-hybridized carbons (Fsp3) is 0.600. The van der Waals surface area contributed by atoms with E-state index in [0.29, 0.717) is 0 Å². The van der Waals surface area contributed by atoms with E-state index in [1.54, 1.807) is 13.8 Å². The number of hydrogen-bond acceptors (Lipinski definition) is 6. The van der Waals surface area contributed by atoms with Gasteiger partial charge in [0.2, 0.25) is 0 Å². The lowest BCUT2D eigenvalue weighted by Gasteiger charge is -2.33. The van der Waals surface area contributed by atoms with Crippen molar-refractivity contribution in [3.63, 3.8) is 0 Å². The number of hydrogen-bond donors (Lipinski definition) is 2. The number of carbonyl (C=O) groups excluding carboxylic acids is 2. The predicted molar refractivity (Wildman–Crippen MR) is 76.8 cm³/mol. The second-order valence-electron chi connectivity index (χ2n) is 5.39. The Morgan fingerprint density at radius 1 is 1.10 bits per heavy atom. The molecular formula is C15H24O6. The van der Waals surface area contributed by atoms with E-state index in [-0.39, 0.29) is 30.1 Å². The molecule has 6 nitrogen and oxygen atoms in total. The van der Waals surface area contributed by atoms with E-state index in [1.165, 1.54) is 13.8 Å². The molecule has 0 bridgehead atoms. The predicted octanol–water partition coefficient (Wildman–Crippen LogP) is 1.53. The average molecular weight is 300 g/mol. The Morgan fingerprint density at radius 2 is 1.48 bits per heavy atom. The summed E-state index contributed by atoms with van der Waals surface area (Å²) in [4.78, 5) is 23.2. The van der Waals surface area contributed by atoms with Crippen LogP contribution in [0.3, 0.4) is 0 Å². The second kappa shape index (κ2) is 7.95. The fourth-order valence-electron chi connectivity index (χ4n) is 1.49. The van der Waals surface area contributed by atoms with Crippen LogP contribution >= 0.6 is 0 Å². The zero-order valence-corrected chi connectivity index (χ0v) is 13.0. The van der Waals surface area contributed by atoms with Crippen molar-refractivity contribution in [3.8, 4) is 0 Å². The number of rotatable bonds is 8. The van der Waals surface area contributed by atoms with E-state index in [1.807, 2.05) is 0 Å². The number of esters is 2. The summed E-state index contributed by atoms with van der Waals surface area (Å²) in [5.41, 5.74) is 0.115. The largest absolute Gasteiger partial charge is 0.396 e. The third kappa shape index (κ3) is 6.10. The number of ether oxygens (including phenoxy) is 2. The van der Waals surface area contributed by atoms with Gasteiger partial charge >= 0.3 is 17.9 Å². The minimum Gasteiger partial charge on any atom is -0.396 e. The highest BCUT2D eigenvalue weighted by molar-refractivity contribution is 5.88. The Kier molecular flexibility index (Phi) is 7.32. The van der Waals surface area contributed by atoms with Crippen molar-refractivity contribution in [1.29, 1.82) is 0 Å². The lowest BCUT2D eigenvalue weighted by molar-refractivity contribution is -0.346. The molecular weight excluding hydrogens is 276 g/mol. The van der Waals surface area contributed by atoms with Crippen LogP contribution in [0.15, 0.2) is 24.3 Å². The Hall–Kier alpha value is -1.66. The van der Waals surface area contributed by atoms with E-state index in [4.69, 9.17) is 14.6 Å². The Balaban J connectivity index is 5.23. The Morgan fingerprint density at radius 3 is 1.76 bits per heavy atom. The molecule has 0 aliphatic heterocycles. The van der Waals surface area contributed by atoms with Gasteiger partial charge in [-0.2, -0.15) is 0 Å². The van der Waals surface area contributed by atoms with E-state index in [0.717, 1.165) is 0 Å². The molecule has 2 unspecified atom stereocenters. The first kappa shape index (κ1) is 19.3. The molecule has 0 heterocycles. The molecule has 6 heteroatoms. The highest BCUT2D eigenvalue weighted by Crippen LogP contribution is 2.28. The van der Waals surface area contributed by atoms with E-state index < -0.39 is 23.8 Å². The van der Waals surface area contributed by atoms with Crippen molar-refractivity contribution < 1.29 is 29.3 Å². The summed E-state index contributed by atoms with van der Waals surface area (Å²) >= 11 is 0. The van der Waals surface area contributed by atoms with Gasteiger partial charge < -0.3 is 19.7 Å². The van der Waals surface area contributed by atoms with Gasteiger partial charge in [0.05, 0.1) is 5.92 Å². The molecule has 0 aromatic rings. The van der Waals surface area contributed by atoms with Crippen molar-refractivity contribution in [2.24, 2.45) is 11.8 Å². The summed E-state index contributed by atoms with van der Waals surface area (Å²) in [5.74, 6) is -5.11. The molecule has 0 aliphatic carbocycles. The SMILES string of the molecule is C=C(C)C(=O)OC(O)(OC(=O)C(=C)C)C(C)CC(C)CO. The molecule has 0 saturated heterocycles. The van der Waals surface area contributed by atoms with Crippen LogP contribution in [0, 0.1) is 11.8 Å². The standard InChI is InChI=1S/C15H24O6/c1-9(2)13(17)20-15(19,21-14(18)10(3)4)12(6)7-11(5)8-16/h11-12,16,19H,1,3,7-8H2,2,4-6H3. The molecule has 0 aliphatic rings. The maximum atomic E-state index is 11.6. The Bertz CT molecular complexity index is 398. The van der Waals surface area contributed by atoms with E-state index in [9.17, 15) is 14.7 Å². The monoisotopic (exact) mass is 300 g/mol. The summed E-state index contributed by atoms with van der Waals surface area (Å²) in [7, 11) is 0. The van der Waals surface area contributed by atoms with E-state index in [2.05, 4.69) is 13.2 Å². The molecule has 0 aromatic carbocycles. The van der Waals surface area contributed by atoms with Gasteiger partial charge in [0.15, 0.2) is 0 Å². The first-order valence-electron chi connectivity index (χ1n) is 6.64. The zero-order valence-electron chi connectivity index (χ0n) is 13.0. The first-order chi connectivity index (χ1) is 9.53. The molecule has 0 saturated carbocycles. The molecule has 2 atom stereocenters. The quantitative estimate of drug-likeness (QED) is 0.401.